The molecule has 1 aliphatic heterocycles. The minimum atomic E-state index is -0.200. The van der Waals surface area contributed by atoms with Crippen molar-refractivity contribution in [2.24, 2.45) is 10.7 Å². The van der Waals surface area contributed by atoms with Gasteiger partial charge in [0.2, 0.25) is 0 Å². The molecule has 1 fully saturated rings. The van der Waals surface area contributed by atoms with Crippen molar-refractivity contribution in [1.82, 2.24) is 10.2 Å². The number of nitrogens with zero attached hydrogens (tertiary/aromatic N) is 3. The van der Waals surface area contributed by atoms with Crippen LogP contribution in [0.4, 0.5) is 10.1 Å². The van der Waals surface area contributed by atoms with Gasteiger partial charge in [0.25, 0.3) is 0 Å². The molecule has 0 saturated carbocycles. The summed E-state index contributed by atoms with van der Waals surface area (Å²) in [5, 5.41) is 3.18. The molecule has 8 heteroatoms. The average Bonchev–Trinajstić information content (AvgIpc) is 2.78. The molecule has 1 aliphatic rings. The van der Waals surface area contributed by atoms with Gasteiger partial charge in [0.15, 0.2) is 17.5 Å². The summed E-state index contributed by atoms with van der Waals surface area (Å²) in [6.45, 7) is 5.86. The molecule has 1 saturated heterocycles. The van der Waals surface area contributed by atoms with Crippen molar-refractivity contribution in [3.05, 3.63) is 53.8 Å². The van der Waals surface area contributed by atoms with Crippen LogP contribution in [0.5, 0.6) is 11.5 Å². The van der Waals surface area contributed by atoms with Gasteiger partial charge in [-0.3, -0.25) is 4.90 Å². The third-order valence-electron chi connectivity index (χ3n) is 5.18. The van der Waals surface area contributed by atoms with Crippen molar-refractivity contribution >= 4 is 11.6 Å². The van der Waals surface area contributed by atoms with Crippen LogP contribution in [-0.2, 0) is 6.54 Å². The summed E-state index contributed by atoms with van der Waals surface area (Å²) in [7, 11) is 3.22. The van der Waals surface area contributed by atoms with Gasteiger partial charge < -0.3 is 25.4 Å². The number of benzene rings is 2. The first-order valence-electron chi connectivity index (χ1n) is 10.1. The van der Waals surface area contributed by atoms with Crippen LogP contribution in [0.2, 0.25) is 0 Å². The number of nitrogens with one attached hydrogen (secondary N) is 1. The zero-order valence-corrected chi connectivity index (χ0v) is 17.6. The van der Waals surface area contributed by atoms with E-state index in [0.29, 0.717) is 24.0 Å². The van der Waals surface area contributed by atoms with E-state index in [9.17, 15) is 4.39 Å². The van der Waals surface area contributed by atoms with E-state index in [-0.39, 0.29) is 5.82 Å². The smallest absolute Gasteiger partial charge is 0.188 e. The summed E-state index contributed by atoms with van der Waals surface area (Å²) >= 11 is 0. The van der Waals surface area contributed by atoms with Crippen LogP contribution in [0.3, 0.4) is 0 Å². The van der Waals surface area contributed by atoms with E-state index in [4.69, 9.17) is 15.2 Å². The molecule has 2 aromatic rings. The van der Waals surface area contributed by atoms with Gasteiger partial charge in [-0.15, -0.1) is 0 Å². The van der Waals surface area contributed by atoms with Crippen molar-refractivity contribution in [3.63, 3.8) is 0 Å². The van der Waals surface area contributed by atoms with Crippen LogP contribution < -0.4 is 25.4 Å². The highest BCUT2D eigenvalue weighted by molar-refractivity contribution is 5.77. The first-order chi connectivity index (χ1) is 14.6. The summed E-state index contributed by atoms with van der Waals surface area (Å²) in [5.74, 6) is 1.59. The third kappa shape index (κ3) is 6.00. The highest BCUT2D eigenvalue weighted by Gasteiger charge is 2.16. The second-order valence-corrected chi connectivity index (χ2v) is 7.12. The normalized spacial score (nSPS) is 15.2. The van der Waals surface area contributed by atoms with E-state index < -0.39 is 0 Å². The fourth-order valence-electron chi connectivity index (χ4n) is 3.44. The maximum atomic E-state index is 13.1. The van der Waals surface area contributed by atoms with E-state index in [2.05, 4.69) is 20.1 Å². The molecule has 0 atom stereocenters. The number of methoxy groups -OCH3 is 2. The van der Waals surface area contributed by atoms with Gasteiger partial charge in [-0.1, -0.05) is 6.07 Å². The molecule has 1 heterocycles. The van der Waals surface area contributed by atoms with Crippen LogP contribution in [0.15, 0.2) is 47.5 Å². The minimum absolute atomic E-state index is 0.200. The highest BCUT2D eigenvalue weighted by Crippen LogP contribution is 2.27. The molecule has 0 unspecified atom stereocenters. The highest BCUT2D eigenvalue weighted by atomic mass is 19.1. The van der Waals surface area contributed by atoms with Gasteiger partial charge in [-0.25, -0.2) is 9.38 Å². The van der Waals surface area contributed by atoms with E-state index >= 15 is 0 Å². The first-order valence-corrected chi connectivity index (χ1v) is 10.1. The van der Waals surface area contributed by atoms with Crippen LogP contribution >= 0.6 is 0 Å². The molecule has 0 aromatic heterocycles. The average molecular weight is 416 g/mol. The number of guanidine groups is 1. The number of aliphatic imine (C=N–C) groups is 1. The second-order valence-electron chi connectivity index (χ2n) is 7.12. The number of hydrogen-bond donors (Lipinski definition) is 2. The zero-order valence-electron chi connectivity index (χ0n) is 17.6. The Kier molecular flexibility index (Phi) is 7.73. The molecule has 0 spiro atoms. The Balaban J connectivity index is 1.38. The lowest BCUT2D eigenvalue weighted by Gasteiger charge is -2.36. The lowest BCUT2D eigenvalue weighted by atomic mass is 10.2. The Hall–Kier alpha value is -3.00. The van der Waals surface area contributed by atoms with Gasteiger partial charge in [0, 0.05) is 45.0 Å². The van der Waals surface area contributed by atoms with Crippen LogP contribution in [0.1, 0.15) is 5.56 Å². The second kappa shape index (κ2) is 10.7. The Bertz CT molecular complexity index is 836. The summed E-state index contributed by atoms with van der Waals surface area (Å²) in [6.07, 6.45) is 0. The van der Waals surface area contributed by atoms with Crippen molar-refractivity contribution in [1.29, 1.82) is 0 Å². The van der Waals surface area contributed by atoms with Crippen molar-refractivity contribution in [3.8, 4) is 11.5 Å². The van der Waals surface area contributed by atoms with Gasteiger partial charge in [0.05, 0.1) is 20.8 Å². The van der Waals surface area contributed by atoms with Crippen LogP contribution in [-0.4, -0.2) is 64.3 Å². The molecule has 30 heavy (non-hydrogen) atoms. The number of halogens is 1. The Morgan fingerprint density at radius 3 is 2.40 bits per heavy atom. The maximum absolute atomic E-state index is 13.1. The Morgan fingerprint density at radius 2 is 1.73 bits per heavy atom. The summed E-state index contributed by atoms with van der Waals surface area (Å²) < 4.78 is 23.6. The third-order valence-corrected chi connectivity index (χ3v) is 5.18. The molecule has 2 aromatic carbocycles. The zero-order chi connectivity index (χ0) is 21.3. The Labute approximate surface area is 177 Å². The molecule has 3 N–H and O–H groups in total. The largest absolute Gasteiger partial charge is 0.493 e. The molecule has 0 radical (unpaired) electrons. The van der Waals surface area contributed by atoms with Gasteiger partial charge >= 0.3 is 0 Å². The van der Waals surface area contributed by atoms with Crippen LogP contribution in [0, 0.1) is 5.82 Å². The molecular formula is C22H30FN5O2. The van der Waals surface area contributed by atoms with E-state index in [1.54, 1.807) is 14.2 Å². The van der Waals surface area contributed by atoms with Gasteiger partial charge in [-0.2, -0.15) is 0 Å². The first kappa shape index (κ1) is 21.7. The fourth-order valence-corrected chi connectivity index (χ4v) is 3.44. The lowest BCUT2D eigenvalue weighted by molar-refractivity contribution is 0.261. The van der Waals surface area contributed by atoms with Gasteiger partial charge in [0.1, 0.15) is 5.82 Å². The summed E-state index contributed by atoms with van der Waals surface area (Å²) in [4.78, 5) is 9.06. The topological polar surface area (TPSA) is 75.4 Å². The standard InChI is InChI=1S/C22H30FN5O2/c1-29-20-8-3-17(15-21(20)30-2)16-26-22(24)25-9-10-27-11-13-28(14-12-27)19-6-4-18(23)5-7-19/h3-8,15H,9-14,16H2,1-2H3,(H3,24,25,26). The molecule has 162 valence electrons. The maximum Gasteiger partial charge on any atom is 0.188 e. The molecule has 0 aliphatic carbocycles. The number of rotatable bonds is 8. The quantitative estimate of drug-likeness (QED) is 0.508. The lowest BCUT2D eigenvalue weighted by Crippen LogP contribution is -2.49. The SMILES string of the molecule is COc1ccc(CN=C(N)NCCN2CCN(c3ccc(F)cc3)CC2)cc1OC. The van der Waals surface area contributed by atoms with Crippen LogP contribution in [0.25, 0.3) is 0 Å². The molecule has 3 rings (SSSR count). The number of ether oxygens (including phenoxy) is 2. The molecular weight excluding hydrogens is 385 g/mol. The monoisotopic (exact) mass is 415 g/mol. The van der Waals surface area contributed by atoms with Crippen molar-refractivity contribution in [2.45, 2.75) is 6.54 Å². The van der Waals surface area contributed by atoms with E-state index in [0.717, 1.165) is 50.5 Å². The van der Waals surface area contributed by atoms with Crippen molar-refractivity contribution in [2.75, 3.05) is 58.4 Å². The predicted octanol–water partition coefficient (Wildman–Crippen LogP) is 2.07. The molecule has 0 amide bonds. The minimum Gasteiger partial charge on any atom is -0.493 e. The fraction of sp³-hybridized carbons (Fsp3) is 0.409. The molecule has 7 nitrogen and oxygen atoms in total. The number of nitrogens with two attached hydrogens (primary N) is 1. The van der Waals surface area contributed by atoms with E-state index in [1.165, 1.54) is 12.1 Å². The van der Waals surface area contributed by atoms with E-state index in [1.807, 2.05) is 30.3 Å². The summed E-state index contributed by atoms with van der Waals surface area (Å²) in [6, 6.07) is 12.4. The number of anilines is 1. The number of hydrogen-bond acceptors (Lipinski definition) is 5. The van der Waals surface area contributed by atoms with Crippen molar-refractivity contribution < 1.29 is 13.9 Å². The van der Waals surface area contributed by atoms with Gasteiger partial charge in [-0.05, 0) is 42.0 Å². The predicted molar refractivity (Wildman–Crippen MR) is 118 cm³/mol. The Morgan fingerprint density at radius 1 is 1.03 bits per heavy atom. The number of piperazine rings is 1. The molecule has 0 bridgehead atoms. The summed E-state index contributed by atoms with van der Waals surface area (Å²) in [5.41, 5.74) is 8.06.